The topological polar surface area (TPSA) is 77.4 Å². The molecule has 0 saturated heterocycles. The van der Waals surface area contributed by atoms with Crippen molar-refractivity contribution in [2.45, 2.75) is 50.4 Å². The molecule has 2 unspecified atom stereocenters. The molecule has 0 spiro atoms. The fourth-order valence-corrected chi connectivity index (χ4v) is 4.58. The molecule has 2 aliphatic rings. The number of hydrogen-bond acceptors (Lipinski definition) is 6. The third-order valence-electron chi connectivity index (χ3n) is 5.88. The Bertz CT molecular complexity index is 673. The van der Waals surface area contributed by atoms with Crippen LogP contribution < -0.4 is 9.47 Å². The standard InChI is InChI=1S/C21H30O6/c1-24-13-27-20(16-8-7-15(25-2)11-19(16)26-3)21-9-5-4-6-14(21)10-17(22)18(23)12-21/h7-8,10-11,17-18,20,22-23H,4-6,9,12-13H2,1-3H3/t17?,18?,20-,21+/m0/s1. The summed E-state index contributed by atoms with van der Waals surface area (Å²) >= 11 is 0. The van der Waals surface area contributed by atoms with Crippen molar-refractivity contribution in [2.75, 3.05) is 28.1 Å². The summed E-state index contributed by atoms with van der Waals surface area (Å²) in [6, 6.07) is 5.68. The maximum atomic E-state index is 10.5. The Hall–Kier alpha value is -1.60. The normalized spacial score (nSPS) is 28.9. The van der Waals surface area contributed by atoms with Crippen molar-refractivity contribution < 1.29 is 29.2 Å². The molecular formula is C21H30O6. The van der Waals surface area contributed by atoms with Crippen LogP contribution in [0, 0.1) is 5.41 Å². The summed E-state index contributed by atoms with van der Waals surface area (Å²) < 4.78 is 22.4. The third kappa shape index (κ3) is 3.85. The second kappa shape index (κ2) is 8.61. The van der Waals surface area contributed by atoms with E-state index in [1.54, 1.807) is 21.3 Å². The van der Waals surface area contributed by atoms with Crippen LogP contribution in [0.4, 0.5) is 0 Å². The number of ether oxygens (including phenoxy) is 4. The molecule has 0 heterocycles. The lowest BCUT2D eigenvalue weighted by molar-refractivity contribution is -0.135. The molecule has 3 rings (SSSR count). The van der Waals surface area contributed by atoms with Gasteiger partial charge in [-0.25, -0.2) is 0 Å². The van der Waals surface area contributed by atoms with Crippen LogP contribution in [0.5, 0.6) is 11.5 Å². The summed E-state index contributed by atoms with van der Waals surface area (Å²) in [6.07, 6.45) is 4.18. The van der Waals surface area contributed by atoms with Crippen LogP contribution in [0.1, 0.15) is 43.8 Å². The van der Waals surface area contributed by atoms with Crippen LogP contribution in [0.15, 0.2) is 29.8 Å². The Balaban J connectivity index is 2.10. The lowest BCUT2D eigenvalue weighted by atomic mass is 9.59. The van der Waals surface area contributed by atoms with E-state index in [1.807, 2.05) is 24.3 Å². The predicted octanol–water partition coefficient (Wildman–Crippen LogP) is 2.98. The largest absolute Gasteiger partial charge is 0.497 e. The molecule has 6 heteroatoms. The smallest absolute Gasteiger partial charge is 0.147 e. The molecule has 4 atom stereocenters. The van der Waals surface area contributed by atoms with E-state index in [4.69, 9.17) is 18.9 Å². The number of fused-ring (bicyclic) bond motifs is 1. The van der Waals surface area contributed by atoms with Gasteiger partial charge in [0.25, 0.3) is 0 Å². The highest BCUT2D eigenvalue weighted by Gasteiger charge is 2.50. The minimum absolute atomic E-state index is 0.132. The molecule has 0 aromatic heterocycles. The van der Waals surface area contributed by atoms with Crippen LogP contribution in [-0.2, 0) is 9.47 Å². The summed E-state index contributed by atoms with van der Waals surface area (Å²) in [6.45, 7) is 0.132. The first-order valence-electron chi connectivity index (χ1n) is 9.45. The van der Waals surface area contributed by atoms with Gasteiger partial charge in [0, 0.05) is 24.2 Å². The number of aliphatic hydroxyl groups is 2. The summed E-state index contributed by atoms with van der Waals surface area (Å²) in [5.74, 6) is 1.38. The molecule has 1 aromatic rings. The van der Waals surface area contributed by atoms with E-state index < -0.39 is 17.6 Å². The number of aliphatic hydroxyl groups excluding tert-OH is 2. The van der Waals surface area contributed by atoms with Crippen molar-refractivity contribution in [1.82, 2.24) is 0 Å². The molecule has 1 fully saturated rings. The first kappa shape index (κ1) is 20.1. The van der Waals surface area contributed by atoms with Gasteiger partial charge in [-0.3, -0.25) is 0 Å². The molecule has 6 nitrogen and oxygen atoms in total. The summed E-state index contributed by atoms with van der Waals surface area (Å²) in [7, 11) is 4.84. The van der Waals surface area contributed by atoms with Gasteiger partial charge in [-0.1, -0.05) is 18.1 Å². The second-order valence-corrected chi connectivity index (χ2v) is 7.38. The van der Waals surface area contributed by atoms with Crippen molar-refractivity contribution in [2.24, 2.45) is 5.41 Å². The average Bonchev–Trinajstić information content (AvgIpc) is 2.69. The Kier molecular flexibility index (Phi) is 6.42. The van der Waals surface area contributed by atoms with Gasteiger partial charge in [-0.2, -0.15) is 0 Å². The lowest BCUT2D eigenvalue weighted by Gasteiger charge is -2.49. The van der Waals surface area contributed by atoms with Crippen molar-refractivity contribution in [3.05, 3.63) is 35.4 Å². The van der Waals surface area contributed by atoms with Gasteiger partial charge in [-0.15, -0.1) is 0 Å². The zero-order valence-corrected chi connectivity index (χ0v) is 16.3. The Morgan fingerprint density at radius 3 is 2.67 bits per heavy atom. The van der Waals surface area contributed by atoms with E-state index in [2.05, 4.69) is 0 Å². The van der Waals surface area contributed by atoms with E-state index >= 15 is 0 Å². The fraction of sp³-hybridized carbons (Fsp3) is 0.619. The van der Waals surface area contributed by atoms with Gasteiger partial charge in [0.1, 0.15) is 18.3 Å². The first-order chi connectivity index (χ1) is 13.1. The maximum absolute atomic E-state index is 10.5. The zero-order valence-electron chi connectivity index (χ0n) is 16.3. The van der Waals surface area contributed by atoms with Crippen LogP contribution >= 0.6 is 0 Å². The van der Waals surface area contributed by atoms with E-state index in [-0.39, 0.29) is 12.9 Å². The molecule has 1 aromatic carbocycles. The third-order valence-corrected chi connectivity index (χ3v) is 5.88. The molecule has 150 valence electrons. The van der Waals surface area contributed by atoms with E-state index in [9.17, 15) is 10.2 Å². The molecule has 2 aliphatic carbocycles. The maximum Gasteiger partial charge on any atom is 0.147 e. The average molecular weight is 378 g/mol. The quantitative estimate of drug-likeness (QED) is 0.561. The monoisotopic (exact) mass is 378 g/mol. The number of methoxy groups -OCH3 is 3. The lowest BCUT2D eigenvalue weighted by Crippen LogP contribution is -2.45. The van der Waals surface area contributed by atoms with Gasteiger partial charge >= 0.3 is 0 Å². The van der Waals surface area contributed by atoms with E-state index in [1.165, 1.54) is 0 Å². The van der Waals surface area contributed by atoms with Gasteiger partial charge < -0.3 is 29.2 Å². The second-order valence-electron chi connectivity index (χ2n) is 7.38. The minimum atomic E-state index is -0.827. The molecule has 0 amide bonds. The minimum Gasteiger partial charge on any atom is -0.497 e. The van der Waals surface area contributed by atoms with Crippen LogP contribution in [0.3, 0.4) is 0 Å². The van der Waals surface area contributed by atoms with Gasteiger partial charge in [0.05, 0.1) is 32.5 Å². The van der Waals surface area contributed by atoms with Crippen LogP contribution in [0.2, 0.25) is 0 Å². The van der Waals surface area contributed by atoms with Crippen LogP contribution in [0.25, 0.3) is 0 Å². The van der Waals surface area contributed by atoms with Gasteiger partial charge in [0.15, 0.2) is 0 Å². The molecule has 0 aliphatic heterocycles. The van der Waals surface area contributed by atoms with E-state index in [0.29, 0.717) is 17.9 Å². The Morgan fingerprint density at radius 1 is 1.15 bits per heavy atom. The molecule has 1 saturated carbocycles. The summed E-state index contributed by atoms with van der Waals surface area (Å²) in [5, 5.41) is 20.7. The van der Waals surface area contributed by atoms with Crippen molar-refractivity contribution in [3.8, 4) is 11.5 Å². The van der Waals surface area contributed by atoms with Crippen molar-refractivity contribution in [3.63, 3.8) is 0 Å². The molecule has 0 radical (unpaired) electrons. The highest BCUT2D eigenvalue weighted by molar-refractivity contribution is 5.44. The number of rotatable bonds is 7. The van der Waals surface area contributed by atoms with Crippen molar-refractivity contribution in [1.29, 1.82) is 0 Å². The Labute approximate surface area is 160 Å². The number of benzene rings is 1. The Morgan fingerprint density at radius 2 is 1.96 bits per heavy atom. The summed E-state index contributed by atoms with van der Waals surface area (Å²) in [5.41, 5.74) is 1.66. The van der Waals surface area contributed by atoms with Gasteiger partial charge in [-0.05, 0) is 37.8 Å². The molecular weight excluding hydrogens is 348 g/mol. The van der Waals surface area contributed by atoms with Crippen LogP contribution in [-0.4, -0.2) is 50.5 Å². The van der Waals surface area contributed by atoms with Gasteiger partial charge in [0.2, 0.25) is 0 Å². The highest BCUT2D eigenvalue weighted by atomic mass is 16.7. The molecule has 2 N–H and O–H groups in total. The number of hydrogen-bond donors (Lipinski definition) is 2. The summed E-state index contributed by atoms with van der Waals surface area (Å²) in [4.78, 5) is 0. The first-order valence-corrected chi connectivity index (χ1v) is 9.45. The molecule has 0 bridgehead atoms. The SMILES string of the molecule is COCO[C@@H](c1ccc(OC)cc1OC)[C@@]12CCCCC1=CC(O)C(O)C2. The highest BCUT2D eigenvalue weighted by Crippen LogP contribution is 2.57. The predicted molar refractivity (Wildman–Crippen MR) is 101 cm³/mol. The van der Waals surface area contributed by atoms with Crippen molar-refractivity contribution >= 4 is 0 Å². The zero-order chi connectivity index (χ0) is 19.4. The fourth-order valence-electron chi connectivity index (χ4n) is 4.58. The molecule has 27 heavy (non-hydrogen) atoms. The van der Waals surface area contributed by atoms with E-state index in [0.717, 1.165) is 36.8 Å².